The van der Waals surface area contributed by atoms with Crippen LogP contribution in [0, 0.1) is 20.8 Å². The van der Waals surface area contributed by atoms with Gasteiger partial charge in [0.25, 0.3) is 0 Å². The monoisotopic (exact) mass is 726 g/mol. The summed E-state index contributed by atoms with van der Waals surface area (Å²) in [7, 11) is 10.8. The van der Waals surface area contributed by atoms with Crippen molar-refractivity contribution in [2.24, 2.45) is 64.4 Å². The molecule has 3 rings (SSSR count). The SMILES string of the molecule is Cc1ccc(CCN=C(N)/N=C(\N)N(C)C)[nH]1.Cc1ccc(CCN=C(N)/N=C(\N)N(C)C)o1.Cc1ccc(CCN=C(N)/N=C(\N)N(C)C)s1. The molecule has 3 aromatic rings. The Bertz CT molecular complexity index is 1450. The summed E-state index contributed by atoms with van der Waals surface area (Å²) in [6.07, 6.45) is 2.40. The summed E-state index contributed by atoms with van der Waals surface area (Å²) in [6, 6.07) is 12.1. The topological polar surface area (TPSA) is 269 Å². The van der Waals surface area contributed by atoms with Gasteiger partial charge in [0.2, 0.25) is 17.9 Å². The summed E-state index contributed by atoms with van der Waals surface area (Å²) in [5.74, 6) is 3.44. The molecule has 0 aliphatic rings. The molecule has 0 aliphatic heterocycles. The number of hydrogen-bond acceptors (Lipinski definition) is 5. The second-order valence-corrected chi connectivity index (χ2v) is 13.1. The number of H-pyrrole nitrogens is 1. The fourth-order valence-corrected chi connectivity index (χ4v) is 4.44. The molecule has 0 fully saturated rings. The third-order valence-electron chi connectivity index (χ3n) is 6.47. The summed E-state index contributed by atoms with van der Waals surface area (Å²) >= 11 is 1.78. The molecule has 3 heterocycles. The van der Waals surface area contributed by atoms with Crippen LogP contribution in [0.15, 0.2) is 70.8 Å². The Morgan fingerprint density at radius 1 is 0.608 bits per heavy atom. The molecule has 0 atom stereocenters. The highest BCUT2D eigenvalue weighted by molar-refractivity contribution is 7.11. The van der Waals surface area contributed by atoms with Gasteiger partial charge in [-0.15, -0.1) is 11.3 Å². The lowest BCUT2D eigenvalue weighted by atomic mass is 10.3. The maximum atomic E-state index is 5.64. The standard InChI is InChI=1S/C11H20N6.C11H19N5O.C11H19N5S/c1-8-4-5-9(15-8)6-7-14-10(12)16-11(13)17(2)3;2*1-8-4-5-9(17-8)6-7-14-10(12)15-11(13)16(2)3/h4-5,15H,6-7H2,1-3H3,(H4,12,13,14,16);2*4-5H,6-7H2,1-3H3,(H4,12,13,14,15). The first kappa shape index (κ1) is 43.5. The van der Waals surface area contributed by atoms with Crippen molar-refractivity contribution in [3.63, 3.8) is 0 Å². The van der Waals surface area contributed by atoms with E-state index in [4.69, 9.17) is 38.8 Å². The van der Waals surface area contributed by atoms with Crippen molar-refractivity contribution in [3.05, 3.63) is 69.1 Å². The Labute approximate surface area is 306 Å². The van der Waals surface area contributed by atoms with Crippen molar-refractivity contribution in [1.29, 1.82) is 0 Å². The number of furan rings is 1. The van der Waals surface area contributed by atoms with Gasteiger partial charge < -0.3 is 58.5 Å². The number of rotatable bonds is 9. The van der Waals surface area contributed by atoms with E-state index in [1.165, 1.54) is 9.75 Å². The summed E-state index contributed by atoms with van der Waals surface area (Å²) in [6.45, 7) is 7.77. The molecule has 13 N–H and O–H groups in total. The number of hydrogen-bond donors (Lipinski definition) is 7. The molecule has 0 saturated heterocycles. The van der Waals surface area contributed by atoms with Crippen molar-refractivity contribution >= 4 is 47.1 Å². The highest BCUT2D eigenvalue weighted by Gasteiger charge is 2.01. The highest BCUT2D eigenvalue weighted by atomic mass is 32.1. The number of aryl methyl sites for hydroxylation is 3. The Morgan fingerprint density at radius 3 is 1.45 bits per heavy atom. The summed E-state index contributed by atoms with van der Waals surface area (Å²) in [5, 5.41) is 0. The number of nitrogens with two attached hydrogens (primary N) is 6. The normalized spacial score (nSPS) is 12.9. The quantitative estimate of drug-likeness (QED) is 0.122. The Hall–Kier alpha value is -5.52. The van der Waals surface area contributed by atoms with Crippen molar-refractivity contribution in [2.45, 2.75) is 40.0 Å². The molecule has 0 aromatic carbocycles. The van der Waals surface area contributed by atoms with Gasteiger partial charge in [-0.1, -0.05) is 0 Å². The van der Waals surface area contributed by atoms with Crippen LogP contribution in [0.5, 0.6) is 0 Å². The number of aromatic amines is 1. The van der Waals surface area contributed by atoms with E-state index in [-0.39, 0.29) is 17.9 Å². The van der Waals surface area contributed by atoms with Crippen LogP contribution in [-0.4, -0.2) is 117 Å². The zero-order chi connectivity index (χ0) is 38.5. The Balaban J connectivity index is 0.000000382. The van der Waals surface area contributed by atoms with Crippen molar-refractivity contribution < 1.29 is 4.42 Å². The molecule has 0 saturated carbocycles. The van der Waals surface area contributed by atoms with Gasteiger partial charge in [0, 0.05) is 102 Å². The van der Waals surface area contributed by atoms with E-state index in [2.05, 4.69) is 54.0 Å². The summed E-state index contributed by atoms with van der Waals surface area (Å²) < 4.78 is 5.41. The number of nitrogens with zero attached hydrogens (tertiary/aromatic N) is 9. The smallest absolute Gasteiger partial charge is 0.218 e. The molecule has 0 bridgehead atoms. The first-order chi connectivity index (χ1) is 24.0. The molecule has 51 heavy (non-hydrogen) atoms. The molecule has 3 aromatic heterocycles. The number of aliphatic imine (C=N–C) groups is 6. The van der Waals surface area contributed by atoms with Gasteiger partial charge in [-0.05, 0) is 57.2 Å². The predicted molar refractivity (Wildman–Crippen MR) is 215 cm³/mol. The summed E-state index contributed by atoms with van der Waals surface area (Å²) in [5.41, 5.74) is 36.0. The lowest BCUT2D eigenvalue weighted by Crippen LogP contribution is -2.32. The third-order valence-corrected chi connectivity index (χ3v) is 7.53. The van der Waals surface area contributed by atoms with Crippen LogP contribution in [0.3, 0.4) is 0 Å². The lowest BCUT2D eigenvalue weighted by Gasteiger charge is -2.09. The number of aromatic nitrogens is 1. The van der Waals surface area contributed by atoms with Crippen molar-refractivity contribution in [3.8, 4) is 0 Å². The highest BCUT2D eigenvalue weighted by Crippen LogP contribution is 2.15. The van der Waals surface area contributed by atoms with Gasteiger partial charge in [0.05, 0.1) is 0 Å². The second-order valence-electron chi connectivity index (χ2n) is 11.8. The van der Waals surface area contributed by atoms with Crippen molar-refractivity contribution in [2.75, 3.05) is 61.9 Å². The van der Waals surface area contributed by atoms with Gasteiger partial charge >= 0.3 is 0 Å². The molecule has 0 spiro atoms. The zero-order valence-electron chi connectivity index (χ0n) is 31.5. The van der Waals surface area contributed by atoms with Gasteiger partial charge in [0.1, 0.15) is 11.5 Å². The average molecular weight is 727 g/mol. The fourth-order valence-electron chi connectivity index (χ4n) is 3.56. The average Bonchev–Trinajstić information content (AvgIpc) is 3.78. The molecule has 0 aliphatic carbocycles. The number of guanidine groups is 6. The molecule has 0 amide bonds. The molecule has 282 valence electrons. The predicted octanol–water partition coefficient (Wildman–Crippen LogP) is 1.17. The minimum atomic E-state index is 0.180. The van der Waals surface area contributed by atoms with E-state index >= 15 is 0 Å². The van der Waals surface area contributed by atoms with Crippen LogP contribution < -0.4 is 34.4 Å². The fraction of sp³-hybridized carbons (Fsp3) is 0.455. The maximum Gasteiger partial charge on any atom is 0.218 e. The largest absolute Gasteiger partial charge is 0.466 e. The van der Waals surface area contributed by atoms with Crippen LogP contribution in [0.2, 0.25) is 0 Å². The van der Waals surface area contributed by atoms with E-state index in [0.717, 1.165) is 35.7 Å². The van der Waals surface area contributed by atoms with Crippen LogP contribution in [0.1, 0.15) is 32.7 Å². The molecule has 0 unspecified atom stereocenters. The third kappa shape index (κ3) is 19.9. The van der Waals surface area contributed by atoms with E-state index in [9.17, 15) is 0 Å². The van der Waals surface area contributed by atoms with Gasteiger partial charge in [0.15, 0.2) is 17.9 Å². The van der Waals surface area contributed by atoms with E-state index in [1.807, 2.05) is 38.1 Å². The number of thiophene rings is 1. The van der Waals surface area contributed by atoms with Crippen LogP contribution in [-0.2, 0) is 19.3 Å². The van der Waals surface area contributed by atoms with Gasteiger partial charge in [-0.3, -0.25) is 15.0 Å². The lowest BCUT2D eigenvalue weighted by molar-refractivity contribution is 0.484. The molecule has 0 radical (unpaired) electrons. The van der Waals surface area contributed by atoms with Gasteiger partial charge in [-0.2, -0.15) is 15.0 Å². The molecule has 18 heteroatoms. The zero-order valence-corrected chi connectivity index (χ0v) is 32.3. The Morgan fingerprint density at radius 2 is 1.08 bits per heavy atom. The Kier molecular flexibility index (Phi) is 19.6. The second kappa shape index (κ2) is 23.0. The van der Waals surface area contributed by atoms with E-state index < -0.39 is 0 Å². The van der Waals surface area contributed by atoms with Crippen LogP contribution in [0.4, 0.5) is 0 Å². The maximum absolute atomic E-state index is 5.64. The minimum Gasteiger partial charge on any atom is -0.466 e. The van der Waals surface area contributed by atoms with Crippen LogP contribution in [0.25, 0.3) is 0 Å². The van der Waals surface area contributed by atoms with Crippen LogP contribution >= 0.6 is 11.3 Å². The molecular weight excluding hydrogens is 669 g/mol. The summed E-state index contributed by atoms with van der Waals surface area (Å²) in [4.78, 5) is 35.1. The van der Waals surface area contributed by atoms with Crippen molar-refractivity contribution in [1.82, 2.24) is 19.7 Å². The number of nitrogens with one attached hydrogen (secondary N) is 1. The molecule has 17 nitrogen and oxygen atoms in total. The minimum absolute atomic E-state index is 0.180. The molecular formula is C33H58N16OS. The first-order valence-electron chi connectivity index (χ1n) is 16.2. The van der Waals surface area contributed by atoms with E-state index in [0.29, 0.717) is 43.9 Å². The van der Waals surface area contributed by atoms with E-state index in [1.54, 1.807) is 68.3 Å². The van der Waals surface area contributed by atoms with Gasteiger partial charge in [-0.25, -0.2) is 0 Å². The first-order valence-corrected chi connectivity index (χ1v) is 17.0.